The molecule has 1 aliphatic carbocycles. The van der Waals surface area contributed by atoms with Gasteiger partial charge in [0.1, 0.15) is 0 Å². The van der Waals surface area contributed by atoms with Crippen molar-refractivity contribution in [3.05, 3.63) is 17.5 Å². The first-order valence-electron chi connectivity index (χ1n) is 6.90. The van der Waals surface area contributed by atoms with E-state index >= 15 is 0 Å². The molecule has 1 aromatic rings. The van der Waals surface area contributed by atoms with Crippen molar-refractivity contribution < 1.29 is 5.11 Å². The first kappa shape index (κ1) is 13.6. The number of hydrogen-bond acceptors (Lipinski definition) is 3. The number of aromatic nitrogens is 2. The molecular formula is C14H25N3O. The van der Waals surface area contributed by atoms with Crippen LogP contribution < -0.4 is 5.32 Å². The maximum atomic E-state index is 9.43. The van der Waals surface area contributed by atoms with Gasteiger partial charge in [-0.1, -0.05) is 6.42 Å². The molecule has 102 valence electrons. The summed E-state index contributed by atoms with van der Waals surface area (Å²) in [6, 6.07) is 2.49. The summed E-state index contributed by atoms with van der Waals surface area (Å²) < 4.78 is 2.05. The minimum Gasteiger partial charge on any atom is -0.396 e. The lowest BCUT2D eigenvalue weighted by molar-refractivity contribution is 0.0419. The van der Waals surface area contributed by atoms with E-state index in [-0.39, 0.29) is 5.41 Å². The average molecular weight is 251 g/mol. The van der Waals surface area contributed by atoms with E-state index in [2.05, 4.69) is 35.0 Å². The Labute approximate surface area is 109 Å². The molecule has 2 rings (SSSR count). The summed E-state index contributed by atoms with van der Waals surface area (Å²) in [5.74, 6) is 0. The van der Waals surface area contributed by atoms with Gasteiger partial charge in [-0.2, -0.15) is 5.10 Å². The van der Waals surface area contributed by atoms with Crippen molar-refractivity contribution in [2.24, 2.45) is 5.41 Å². The molecule has 1 atom stereocenters. The van der Waals surface area contributed by atoms with Crippen molar-refractivity contribution in [2.75, 3.05) is 13.2 Å². The molecule has 1 aliphatic rings. The SMILES string of the molecule is Cc1cc(C)n(CC(C)NCC2(CO)CCC2)n1. The fourth-order valence-electron chi connectivity index (χ4n) is 2.64. The molecule has 1 aromatic heterocycles. The molecular weight excluding hydrogens is 226 g/mol. The predicted octanol–water partition coefficient (Wildman–Crippen LogP) is 1.64. The zero-order chi connectivity index (χ0) is 13.2. The van der Waals surface area contributed by atoms with Crippen LogP contribution >= 0.6 is 0 Å². The zero-order valence-electron chi connectivity index (χ0n) is 11.7. The van der Waals surface area contributed by atoms with E-state index in [1.807, 2.05) is 6.92 Å². The molecule has 0 bridgehead atoms. The Morgan fingerprint density at radius 3 is 2.67 bits per heavy atom. The molecule has 0 spiro atoms. The summed E-state index contributed by atoms with van der Waals surface area (Å²) in [7, 11) is 0. The molecule has 4 nitrogen and oxygen atoms in total. The molecule has 0 aliphatic heterocycles. The van der Waals surface area contributed by atoms with Gasteiger partial charge in [0.25, 0.3) is 0 Å². The van der Waals surface area contributed by atoms with Gasteiger partial charge < -0.3 is 10.4 Å². The summed E-state index contributed by atoms with van der Waals surface area (Å²) in [6.07, 6.45) is 3.57. The summed E-state index contributed by atoms with van der Waals surface area (Å²) >= 11 is 0. The molecule has 0 saturated heterocycles. The van der Waals surface area contributed by atoms with Crippen LogP contribution in [0.15, 0.2) is 6.07 Å². The van der Waals surface area contributed by atoms with Crippen LogP contribution in [0.2, 0.25) is 0 Å². The number of nitrogens with one attached hydrogen (secondary N) is 1. The monoisotopic (exact) mass is 251 g/mol. The third-order valence-electron chi connectivity index (χ3n) is 4.13. The van der Waals surface area contributed by atoms with Gasteiger partial charge in [0.05, 0.1) is 12.2 Å². The van der Waals surface area contributed by atoms with Gasteiger partial charge in [-0.05, 0) is 39.7 Å². The lowest BCUT2D eigenvalue weighted by atomic mass is 9.69. The quantitative estimate of drug-likeness (QED) is 0.808. The number of nitrogens with zero attached hydrogens (tertiary/aromatic N) is 2. The van der Waals surface area contributed by atoms with E-state index in [1.165, 1.54) is 12.1 Å². The lowest BCUT2D eigenvalue weighted by Crippen LogP contribution is -2.46. The molecule has 1 heterocycles. The van der Waals surface area contributed by atoms with E-state index < -0.39 is 0 Å². The Morgan fingerprint density at radius 1 is 1.50 bits per heavy atom. The van der Waals surface area contributed by atoms with Crippen LogP contribution in [-0.2, 0) is 6.54 Å². The van der Waals surface area contributed by atoms with Crippen molar-refractivity contribution in [1.29, 1.82) is 0 Å². The van der Waals surface area contributed by atoms with Gasteiger partial charge in [0.2, 0.25) is 0 Å². The van der Waals surface area contributed by atoms with Gasteiger partial charge in [-0.25, -0.2) is 0 Å². The highest BCUT2D eigenvalue weighted by Gasteiger charge is 2.36. The van der Waals surface area contributed by atoms with Crippen LogP contribution in [-0.4, -0.2) is 34.1 Å². The largest absolute Gasteiger partial charge is 0.396 e. The Kier molecular flexibility index (Phi) is 4.07. The second-order valence-corrected chi connectivity index (χ2v) is 5.90. The van der Waals surface area contributed by atoms with Crippen LogP contribution in [0.25, 0.3) is 0 Å². The minimum absolute atomic E-state index is 0.156. The maximum absolute atomic E-state index is 9.43. The Hall–Kier alpha value is -0.870. The highest BCUT2D eigenvalue weighted by molar-refractivity contribution is 5.06. The fourth-order valence-corrected chi connectivity index (χ4v) is 2.64. The third-order valence-corrected chi connectivity index (χ3v) is 4.13. The van der Waals surface area contributed by atoms with E-state index in [0.717, 1.165) is 31.6 Å². The van der Waals surface area contributed by atoms with E-state index in [1.54, 1.807) is 0 Å². The molecule has 18 heavy (non-hydrogen) atoms. The summed E-state index contributed by atoms with van der Waals surface area (Å²) in [6.45, 7) is 8.42. The number of aliphatic hydroxyl groups is 1. The highest BCUT2D eigenvalue weighted by atomic mass is 16.3. The van der Waals surface area contributed by atoms with Crippen LogP contribution in [0.4, 0.5) is 0 Å². The van der Waals surface area contributed by atoms with Gasteiger partial charge in [0.15, 0.2) is 0 Å². The number of rotatable bonds is 6. The second kappa shape index (κ2) is 5.41. The topological polar surface area (TPSA) is 50.1 Å². The molecule has 0 radical (unpaired) electrons. The Bertz CT molecular complexity index is 390. The Morgan fingerprint density at radius 2 is 2.22 bits per heavy atom. The normalized spacial score (nSPS) is 19.6. The predicted molar refractivity (Wildman–Crippen MR) is 72.5 cm³/mol. The molecule has 1 unspecified atom stereocenters. The third kappa shape index (κ3) is 2.93. The van der Waals surface area contributed by atoms with Gasteiger partial charge in [-0.15, -0.1) is 0 Å². The average Bonchev–Trinajstić information content (AvgIpc) is 2.56. The molecule has 4 heteroatoms. The molecule has 0 aromatic carbocycles. The molecule has 1 saturated carbocycles. The summed E-state index contributed by atoms with van der Waals surface area (Å²) in [4.78, 5) is 0. The maximum Gasteiger partial charge on any atom is 0.0596 e. The second-order valence-electron chi connectivity index (χ2n) is 5.90. The Balaban J connectivity index is 1.81. The van der Waals surface area contributed by atoms with Gasteiger partial charge >= 0.3 is 0 Å². The van der Waals surface area contributed by atoms with Gasteiger partial charge in [-0.3, -0.25) is 4.68 Å². The number of hydrogen-bond donors (Lipinski definition) is 2. The van der Waals surface area contributed by atoms with Crippen LogP contribution in [0.5, 0.6) is 0 Å². The smallest absolute Gasteiger partial charge is 0.0596 e. The van der Waals surface area contributed by atoms with Crippen molar-refractivity contribution in [3.8, 4) is 0 Å². The molecule has 0 amide bonds. The van der Waals surface area contributed by atoms with E-state index in [0.29, 0.717) is 12.6 Å². The first-order valence-corrected chi connectivity index (χ1v) is 6.90. The first-order chi connectivity index (χ1) is 8.54. The fraction of sp³-hybridized carbons (Fsp3) is 0.786. The van der Waals surface area contributed by atoms with Crippen molar-refractivity contribution in [2.45, 2.75) is 52.6 Å². The van der Waals surface area contributed by atoms with Crippen LogP contribution in [0.3, 0.4) is 0 Å². The van der Waals surface area contributed by atoms with E-state index in [9.17, 15) is 5.11 Å². The molecule has 2 N–H and O–H groups in total. The van der Waals surface area contributed by atoms with E-state index in [4.69, 9.17) is 0 Å². The zero-order valence-corrected chi connectivity index (χ0v) is 11.7. The van der Waals surface area contributed by atoms with Gasteiger partial charge in [0, 0.05) is 30.3 Å². The summed E-state index contributed by atoms with van der Waals surface area (Å²) in [5, 5.41) is 17.4. The highest BCUT2D eigenvalue weighted by Crippen LogP contribution is 2.39. The standard InChI is InChI=1S/C14H25N3O/c1-11-7-13(3)17(16-11)8-12(2)15-9-14(10-18)5-4-6-14/h7,12,15,18H,4-6,8-10H2,1-3H3. The lowest BCUT2D eigenvalue weighted by Gasteiger charge is -2.41. The van der Waals surface area contributed by atoms with Crippen molar-refractivity contribution in [3.63, 3.8) is 0 Å². The summed E-state index contributed by atoms with van der Waals surface area (Å²) in [5.41, 5.74) is 2.44. The number of aryl methyl sites for hydroxylation is 2. The van der Waals surface area contributed by atoms with Crippen LogP contribution in [0.1, 0.15) is 37.6 Å². The van der Waals surface area contributed by atoms with Crippen molar-refractivity contribution >= 4 is 0 Å². The van der Waals surface area contributed by atoms with Crippen LogP contribution in [0, 0.1) is 19.3 Å². The molecule has 1 fully saturated rings. The van der Waals surface area contributed by atoms with Crippen molar-refractivity contribution in [1.82, 2.24) is 15.1 Å². The number of aliphatic hydroxyl groups excluding tert-OH is 1. The minimum atomic E-state index is 0.156.